The van der Waals surface area contributed by atoms with Gasteiger partial charge in [-0.2, -0.15) is 0 Å². The number of hydrogen-bond acceptors (Lipinski definition) is 5. The van der Waals surface area contributed by atoms with E-state index in [4.69, 9.17) is 5.73 Å². The maximum Gasteiger partial charge on any atom is 0.312 e. The minimum absolute atomic E-state index is 0.00356. The summed E-state index contributed by atoms with van der Waals surface area (Å²) in [4.78, 5) is 49.6. The number of nitrogens with zero attached hydrogens (tertiary/aromatic N) is 1. The fraction of sp³-hybridized carbons (Fsp3) is 0.182. The smallest absolute Gasteiger partial charge is 0.312 e. The summed E-state index contributed by atoms with van der Waals surface area (Å²) in [5.74, 6) is -1.25. The number of carbonyl (C=O) groups is 4. The fourth-order valence-electron chi connectivity index (χ4n) is 3.08. The number of nitrogens with two attached hydrogens (primary N) is 1. The number of carbonyl (C=O) groups excluding carboxylic acids is 4. The molecule has 0 radical (unpaired) electrons. The Morgan fingerprint density at radius 1 is 1.09 bits per heavy atom. The van der Waals surface area contributed by atoms with Crippen molar-refractivity contribution < 1.29 is 23.6 Å². The highest BCUT2D eigenvalue weighted by molar-refractivity contribution is 8.18. The largest absolute Gasteiger partial charge is 0.354 e. The summed E-state index contributed by atoms with van der Waals surface area (Å²) < 4.78 is 13.0. The van der Waals surface area contributed by atoms with Crippen LogP contribution in [0.2, 0.25) is 0 Å². The van der Waals surface area contributed by atoms with Crippen molar-refractivity contribution in [2.45, 2.75) is 12.5 Å². The van der Waals surface area contributed by atoms with Gasteiger partial charge in [-0.3, -0.25) is 19.3 Å². The molecule has 0 bridgehead atoms. The number of primary amides is 1. The van der Waals surface area contributed by atoms with Crippen molar-refractivity contribution in [3.8, 4) is 0 Å². The van der Waals surface area contributed by atoms with Crippen molar-refractivity contribution in [3.05, 3.63) is 76.4 Å². The third-order valence-corrected chi connectivity index (χ3v) is 5.51. The Morgan fingerprint density at radius 2 is 1.78 bits per heavy atom. The van der Waals surface area contributed by atoms with Crippen LogP contribution >= 0.6 is 11.8 Å². The number of amides is 5. The van der Waals surface area contributed by atoms with E-state index in [1.807, 2.05) is 6.07 Å². The molecule has 0 spiro atoms. The van der Waals surface area contributed by atoms with E-state index < -0.39 is 29.0 Å². The minimum atomic E-state index is -0.752. The predicted molar refractivity (Wildman–Crippen MR) is 119 cm³/mol. The molecule has 2 aromatic rings. The van der Waals surface area contributed by atoms with Gasteiger partial charge in [0.05, 0.1) is 17.4 Å². The zero-order valence-electron chi connectivity index (χ0n) is 16.9. The molecule has 3 rings (SSSR count). The number of hydrogen-bond donors (Lipinski definition) is 3. The van der Waals surface area contributed by atoms with E-state index in [0.29, 0.717) is 5.56 Å². The lowest BCUT2D eigenvalue weighted by Crippen LogP contribution is -2.40. The molecule has 1 aliphatic heterocycles. The van der Waals surface area contributed by atoms with Crippen LogP contribution in [0.25, 0.3) is 6.08 Å². The highest BCUT2D eigenvalue weighted by Crippen LogP contribution is 2.31. The van der Waals surface area contributed by atoms with Gasteiger partial charge in [-0.05, 0) is 41.1 Å². The summed E-state index contributed by atoms with van der Waals surface area (Å²) in [5.41, 5.74) is 6.52. The average molecular weight is 456 g/mol. The van der Waals surface area contributed by atoms with Crippen LogP contribution in [0, 0.1) is 5.82 Å². The first kappa shape index (κ1) is 23.0. The van der Waals surface area contributed by atoms with Gasteiger partial charge in [0, 0.05) is 13.1 Å². The average Bonchev–Trinajstić information content (AvgIpc) is 3.02. The van der Waals surface area contributed by atoms with Crippen molar-refractivity contribution in [2.75, 3.05) is 13.1 Å². The molecule has 0 aliphatic carbocycles. The van der Waals surface area contributed by atoms with E-state index >= 15 is 0 Å². The Kier molecular flexibility index (Phi) is 7.61. The van der Waals surface area contributed by atoms with Crippen LogP contribution in [0.15, 0.2) is 59.5 Å². The van der Waals surface area contributed by atoms with Gasteiger partial charge in [0.15, 0.2) is 0 Å². The van der Waals surface area contributed by atoms with Crippen LogP contribution in [0.3, 0.4) is 0 Å². The zero-order valence-corrected chi connectivity index (χ0v) is 17.7. The number of rotatable bonds is 8. The first-order valence-corrected chi connectivity index (χ1v) is 10.5. The van der Waals surface area contributed by atoms with Gasteiger partial charge >= 0.3 is 6.03 Å². The fourth-order valence-corrected chi connectivity index (χ4v) is 3.94. The van der Waals surface area contributed by atoms with Crippen LogP contribution in [-0.4, -0.2) is 41.1 Å². The number of halogens is 1. The molecular weight excluding hydrogens is 435 g/mol. The van der Waals surface area contributed by atoms with Crippen molar-refractivity contribution in [2.24, 2.45) is 5.73 Å². The summed E-state index contributed by atoms with van der Waals surface area (Å²) in [5, 5.41) is 4.73. The lowest BCUT2D eigenvalue weighted by molar-refractivity contribution is -0.124. The third kappa shape index (κ3) is 6.17. The number of imide groups is 1. The van der Waals surface area contributed by atoms with Crippen molar-refractivity contribution in [1.82, 2.24) is 15.5 Å². The van der Waals surface area contributed by atoms with E-state index in [9.17, 15) is 23.6 Å². The lowest BCUT2D eigenvalue weighted by Gasteiger charge is -2.18. The Morgan fingerprint density at radius 3 is 2.44 bits per heavy atom. The zero-order chi connectivity index (χ0) is 23.1. The van der Waals surface area contributed by atoms with Crippen LogP contribution in [0.4, 0.5) is 14.0 Å². The molecule has 4 N–H and O–H groups in total. The predicted octanol–water partition coefficient (Wildman–Crippen LogP) is 2.78. The van der Waals surface area contributed by atoms with E-state index in [1.54, 1.807) is 24.3 Å². The topological polar surface area (TPSA) is 122 Å². The summed E-state index contributed by atoms with van der Waals surface area (Å²) in [7, 11) is 0. The molecule has 8 nitrogen and oxygen atoms in total. The minimum Gasteiger partial charge on any atom is -0.354 e. The first-order chi connectivity index (χ1) is 15.3. The summed E-state index contributed by atoms with van der Waals surface area (Å²) in [6, 6.07) is 13.1. The van der Waals surface area contributed by atoms with Crippen LogP contribution < -0.4 is 16.4 Å². The summed E-state index contributed by atoms with van der Waals surface area (Å²) >= 11 is 0.785. The van der Waals surface area contributed by atoms with Gasteiger partial charge in [0.2, 0.25) is 5.91 Å². The molecule has 5 amide bonds. The number of nitrogens with one attached hydrogen (secondary N) is 2. The highest BCUT2D eigenvalue weighted by atomic mass is 32.2. The van der Waals surface area contributed by atoms with Gasteiger partial charge in [-0.1, -0.05) is 42.5 Å². The molecule has 32 heavy (non-hydrogen) atoms. The monoisotopic (exact) mass is 456 g/mol. The molecule has 0 aromatic heterocycles. The molecule has 0 saturated carbocycles. The van der Waals surface area contributed by atoms with Crippen LogP contribution in [-0.2, 0) is 9.59 Å². The molecule has 1 atom stereocenters. The lowest BCUT2D eigenvalue weighted by atomic mass is 10.0. The summed E-state index contributed by atoms with van der Waals surface area (Å²) in [6.45, 7) is 0.0508. The van der Waals surface area contributed by atoms with Gasteiger partial charge in [0.1, 0.15) is 5.82 Å². The second-order valence-corrected chi connectivity index (χ2v) is 7.90. The molecule has 1 fully saturated rings. The third-order valence-electron chi connectivity index (χ3n) is 4.61. The van der Waals surface area contributed by atoms with Gasteiger partial charge in [-0.25, -0.2) is 9.18 Å². The Labute approximate surface area is 188 Å². The van der Waals surface area contributed by atoms with E-state index in [2.05, 4.69) is 10.6 Å². The molecule has 1 heterocycles. The SMILES string of the molecule is NC(=O)N[C@@H](CC(=O)NCCN1C(=O)S/C(=C/c2ccc(F)cc2)C1=O)c1ccccc1. The molecular formula is C22H21FN4O4S. The quantitative estimate of drug-likeness (QED) is 0.528. The maximum absolute atomic E-state index is 13.0. The standard InChI is InChI=1S/C22H21FN4O4S/c23-16-8-6-14(7-9-16)12-18-20(29)27(22(31)32-18)11-10-25-19(28)13-17(26-21(24)30)15-4-2-1-3-5-15/h1-9,12,17H,10-11,13H2,(H,25,28)(H3,24,26,30)/b18-12+/t17-/m0/s1. The molecule has 1 saturated heterocycles. The molecule has 2 aromatic carbocycles. The molecule has 1 aliphatic rings. The second-order valence-electron chi connectivity index (χ2n) is 6.91. The molecule has 166 valence electrons. The number of urea groups is 1. The Balaban J connectivity index is 1.54. The maximum atomic E-state index is 13.0. The first-order valence-electron chi connectivity index (χ1n) is 9.72. The van der Waals surface area contributed by atoms with Crippen molar-refractivity contribution >= 4 is 40.9 Å². The van der Waals surface area contributed by atoms with Gasteiger partial charge in [0.25, 0.3) is 11.1 Å². The molecule has 10 heteroatoms. The van der Waals surface area contributed by atoms with Crippen LogP contribution in [0.5, 0.6) is 0 Å². The Hall–Kier alpha value is -3.66. The van der Waals surface area contributed by atoms with E-state index in [1.165, 1.54) is 30.3 Å². The van der Waals surface area contributed by atoms with Gasteiger partial charge < -0.3 is 16.4 Å². The summed E-state index contributed by atoms with van der Waals surface area (Å²) in [6.07, 6.45) is 1.46. The second kappa shape index (κ2) is 10.6. The van der Waals surface area contributed by atoms with Crippen molar-refractivity contribution in [1.29, 1.82) is 0 Å². The Bertz CT molecular complexity index is 1040. The normalized spacial score (nSPS) is 15.7. The van der Waals surface area contributed by atoms with Crippen LogP contribution in [0.1, 0.15) is 23.6 Å². The number of thioether (sulfide) groups is 1. The van der Waals surface area contributed by atoms with Gasteiger partial charge in [-0.15, -0.1) is 0 Å². The number of benzene rings is 2. The highest BCUT2D eigenvalue weighted by Gasteiger charge is 2.34. The molecule has 0 unspecified atom stereocenters. The van der Waals surface area contributed by atoms with E-state index in [-0.39, 0.29) is 30.3 Å². The van der Waals surface area contributed by atoms with E-state index in [0.717, 1.165) is 22.2 Å². The van der Waals surface area contributed by atoms with Crippen molar-refractivity contribution in [3.63, 3.8) is 0 Å².